The van der Waals surface area contributed by atoms with Crippen LogP contribution in [0.25, 0.3) is 0 Å². The molecule has 0 spiro atoms. The Hall–Kier alpha value is -3.26. The number of carbonyl (C=O) groups is 1. The zero-order valence-electron chi connectivity index (χ0n) is 15.7. The lowest BCUT2D eigenvalue weighted by molar-refractivity contribution is 0.0954. The van der Waals surface area contributed by atoms with Gasteiger partial charge in [0, 0.05) is 30.2 Å². The van der Waals surface area contributed by atoms with Crippen LogP contribution in [0.5, 0.6) is 0 Å². The third-order valence-electron chi connectivity index (χ3n) is 4.25. The molecule has 8 heteroatoms. The van der Waals surface area contributed by atoms with E-state index in [1.54, 1.807) is 31.5 Å². The molecule has 6 nitrogen and oxygen atoms in total. The quantitative estimate of drug-likeness (QED) is 0.622. The van der Waals surface area contributed by atoms with Crippen molar-refractivity contribution in [3.05, 3.63) is 89.5 Å². The molecule has 1 heterocycles. The first kappa shape index (κ1) is 20.5. The maximum Gasteiger partial charge on any atom is 0.261 e. The third kappa shape index (κ3) is 5.39. The number of aromatic nitrogens is 1. The molecule has 0 aliphatic heterocycles. The number of sulfonamides is 1. The smallest absolute Gasteiger partial charge is 0.261 e. The van der Waals surface area contributed by atoms with Crippen molar-refractivity contribution in [1.29, 1.82) is 0 Å². The molecule has 29 heavy (non-hydrogen) atoms. The molecule has 3 aromatic rings. The molecule has 0 radical (unpaired) electrons. The predicted molar refractivity (Wildman–Crippen MR) is 109 cm³/mol. The first-order valence-corrected chi connectivity index (χ1v) is 10.4. The molecular weight excluding hydrogens is 393 g/mol. The molecule has 150 valence electrons. The summed E-state index contributed by atoms with van der Waals surface area (Å²) < 4.78 is 41.1. The fraction of sp³-hybridized carbons (Fsp3) is 0.143. The zero-order chi connectivity index (χ0) is 20.9. The Morgan fingerprint density at radius 1 is 1.10 bits per heavy atom. The van der Waals surface area contributed by atoms with Gasteiger partial charge in [0.05, 0.1) is 4.90 Å². The molecule has 0 saturated heterocycles. The monoisotopic (exact) mass is 413 g/mol. The van der Waals surface area contributed by atoms with Gasteiger partial charge in [-0.1, -0.05) is 18.2 Å². The van der Waals surface area contributed by atoms with Gasteiger partial charge in [-0.2, -0.15) is 0 Å². The summed E-state index contributed by atoms with van der Waals surface area (Å²) in [5.74, 6) is -0.925. The van der Waals surface area contributed by atoms with Crippen molar-refractivity contribution in [2.45, 2.75) is 18.2 Å². The van der Waals surface area contributed by atoms with Crippen LogP contribution >= 0.6 is 0 Å². The van der Waals surface area contributed by atoms with E-state index in [1.807, 2.05) is 12.1 Å². The Bertz CT molecular complexity index is 1120. The van der Waals surface area contributed by atoms with Gasteiger partial charge in [0.15, 0.2) is 0 Å². The molecule has 0 aliphatic rings. The number of pyridine rings is 1. The van der Waals surface area contributed by atoms with E-state index < -0.39 is 15.8 Å². The lowest BCUT2D eigenvalue weighted by Gasteiger charge is -2.10. The van der Waals surface area contributed by atoms with Crippen molar-refractivity contribution in [2.24, 2.45) is 0 Å². The third-order valence-corrected chi connectivity index (χ3v) is 5.63. The van der Waals surface area contributed by atoms with Gasteiger partial charge in [0.1, 0.15) is 5.82 Å². The van der Waals surface area contributed by atoms with E-state index in [0.717, 1.165) is 11.6 Å². The highest BCUT2D eigenvalue weighted by Gasteiger charge is 2.16. The molecule has 2 aromatic carbocycles. The summed E-state index contributed by atoms with van der Waals surface area (Å²) in [5, 5.41) is 2.79. The SMILES string of the molecule is Cc1ccc(S(=O)(=O)Nc2cccc(C(=O)NCCc3cccnc3)c2)cc1F. The number of halogens is 1. The lowest BCUT2D eigenvalue weighted by atomic mass is 10.2. The van der Waals surface area contributed by atoms with Crippen LogP contribution in [0.4, 0.5) is 10.1 Å². The van der Waals surface area contributed by atoms with E-state index in [4.69, 9.17) is 0 Å². The van der Waals surface area contributed by atoms with Crippen molar-refractivity contribution in [3.63, 3.8) is 0 Å². The summed E-state index contributed by atoms with van der Waals surface area (Å²) in [7, 11) is -3.98. The molecule has 0 unspecified atom stereocenters. The van der Waals surface area contributed by atoms with Crippen LogP contribution in [0.1, 0.15) is 21.5 Å². The van der Waals surface area contributed by atoms with Crippen molar-refractivity contribution in [2.75, 3.05) is 11.3 Å². The van der Waals surface area contributed by atoms with Gasteiger partial charge in [-0.05, 0) is 60.9 Å². The number of aryl methyl sites for hydroxylation is 1. The molecule has 0 aliphatic carbocycles. The molecule has 0 fully saturated rings. The van der Waals surface area contributed by atoms with E-state index in [1.165, 1.54) is 24.3 Å². The van der Waals surface area contributed by atoms with Crippen LogP contribution in [-0.4, -0.2) is 25.9 Å². The Balaban J connectivity index is 1.66. The summed E-state index contributed by atoms with van der Waals surface area (Å²) in [4.78, 5) is 16.2. The first-order valence-electron chi connectivity index (χ1n) is 8.91. The molecule has 1 aromatic heterocycles. The maximum atomic E-state index is 13.7. The van der Waals surface area contributed by atoms with Gasteiger partial charge >= 0.3 is 0 Å². The first-order chi connectivity index (χ1) is 13.8. The minimum atomic E-state index is -3.98. The van der Waals surface area contributed by atoms with Crippen LogP contribution in [0.15, 0.2) is 71.9 Å². The number of anilines is 1. The predicted octanol–water partition coefficient (Wildman–Crippen LogP) is 3.30. The van der Waals surface area contributed by atoms with Crippen LogP contribution in [0.2, 0.25) is 0 Å². The Kier molecular flexibility index (Phi) is 6.23. The van der Waals surface area contributed by atoms with Crippen molar-refractivity contribution < 1.29 is 17.6 Å². The van der Waals surface area contributed by atoms with Crippen LogP contribution < -0.4 is 10.0 Å². The fourth-order valence-electron chi connectivity index (χ4n) is 2.65. The Labute approximate surface area is 168 Å². The van der Waals surface area contributed by atoms with Gasteiger partial charge in [0.2, 0.25) is 0 Å². The highest BCUT2D eigenvalue weighted by molar-refractivity contribution is 7.92. The van der Waals surface area contributed by atoms with Gasteiger partial charge in [-0.15, -0.1) is 0 Å². The normalized spacial score (nSPS) is 11.1. The topological polar surface area (TPSA) is 88.2 Å². The summed E-state index contributed by atoms with van der Waals surface area (Å²) >= 11 is 0. The highest BCUT2D eigenvalue weighted by atomic mass is 32.2. The van der Waals surface area contributed by atoms with Crippen LogP contribution in [-0.2, 0) is 16.4 Å². The van der Waals surface area contributed by atoms with E-state index in [-0.39, 0.29) is 16.5 Å². The van der Waals surface area contributed by atoms with Crippen molar-refractivity contribution in [3.8, 4) is 0 Å². The number of carbonyl (C=O) groups excluding carboxylic acids is 1. The number of nitrogens with one attached hydrogen (secondary N) is 2. The molecule has 1 amide bonds. The summed E-state index contributed by atoms with van der Waals surface area (Å²) in [6, 6.07) is 13.6. The number of amides is 1. The number of nitrogens with zero attached hydrogens (tertiary/aromatic N) is 1. The largest absolute Gasteiger partial charge is 0.352 e. The van der Waals surface area contributed by atoms with Crippen LogP contribution in [0, 0.1) is 12.7 Å². The number of benzene rings is 2. The fourth-order valence-corrected chi connectivity index (χ4v) is 3.71. The van der Waals surface area contributed by atoms with Gasteiger partial charge in [-0.3, -0.25) is 14.5 Å². The summed E-state index contributed by atoms with van der Waals surface area (Å²) in [5.41, 5.74) is 1.88. The van der Waals surface area contributed by atoms with E-state index >= 15 is 0 Å². The number of hydrogen-bond acceptors (Lipinski definition) is 4. The standard InChI is InChI=1S/C21H20FN3O3S/c1-15-7-8-19(13-20(15)22)29(27,28)25-18-6-2-5-17(12-18)21(26)24-11-9-16-4-3-10-23-14-16/h2-8,10,12-14,25H,9,11H2,1H3,(H,24,26). The van der Waals surface area contributed by atoms with Crippen LogP contribution in [0.3, 0.4) is 0 Å². The Morgan fingerprint density at radius 2 is 1.93 bits per heavy atom. The molecule has 2 N–H and O–H groups in total. The second kappa shape index (κ2) is 8.83. The second-order valence-corrected chi connectivity index (χ2v) is 8.15. The van der Waals surface area contributed by atoms with E-state index in [2.05, 4.69) is 15.0 Å². The van der Waals surface area contributed by atoms with Crippen molar-refractivity contribution in [1.82, 2.24) is 10.3 Å². The van der Waals surface area contributed by atoms with Crippen molar-refractivity contribution >= 4 is 21.6 Å². The maximum absolute atomic E-state index is 13.7. The summed E-state index contributed by atoms with van der Waals surface area (Å²) in [6.07, 6.45) is 4.04. The second-order valence-electron chi connectivity index (χ2n) is 6.46. The molecule has 0 saturated carbocycles. The average molecular weight is 413 g/mol. The van der Waals surface area contributed by atoms with Gasteiger partial charge in [0.25, 0.3) is 15.9 Å². The number of hydrogen-bond donors (Lipinski definition) is 2. The molecule has 3 rings (SSSR count). The lowest BCUT2D eigenvalue weighted by Crippen LogP contribution is -2.25. The Morgan fingerprint density at radius 3 is 2.66 bits per heavy atom. The molecular formula is C21H20FN3O3S. The molecule has 0 bridgehead atoms. The van der Waals surface area contributed by atoms with Gasteiger partial charge < -0.3 is 5.32 Å². The average Bonchev–Trinajstić information content (AvgIpc) is 2.70. The van der Waals surface area contributed by atoms with Gasteiger partial charge in [-0.25, -0.2) is 12.8 Å². The molecule has 0 atom stereocenters. The summed E-state index contributed by atoms with van der Waals surface area (Å²) in [6.45, 7) is 1.97. The minimum Gasteiger partial charge on any atom is -0.352 e. The zero-order valence-corrected chi connectivity index (χ0v) is 16.5. The minimum absolute atomic E-state index is 0.188. The number of rotatable bonds is 7. The van der Waals surface area contributed by atoms with E-state index in [0.29, 0.717) is 24.1 Å². The highest BCUT2D eigenvalue weighted by Crippen LogP contribution is 2.19. The van der Waals surface area contributed by atoms with E-state index in [9.17, 15) is 17.6 Å².